The molecule has 0 amide bonds. The van der Waals surface area contributed by atoms with Crippen molar-refractivity contribution in [1.29, 1.82) is 0 Å². The Labute approximate surface area is 89.5 Å². The number of hydrogen-bond donors (Lipinski definition) is 3. The number of carboxylic acid groups (broad SMARTS) is 2. The summed E-state index contributed by atoms with van der Waals surface area (Å²) in [5, 5.41) is 18.2. The number of fused-ring (bicyclic) bond motifs is 1. The van der Waals surface area contributed by atoms with Crippen molar-refractivity contribution in [2.45, 2.75) is 6.42 Å². The molecule has 0 aliphatic heterocycles. The molecule has 0 aromatic carbocycles. The highest BCUT2D eigenvalue weighted by Gasteiger charge is 2.19. The predicted molar refractivity (Wildman–Crippen MR) is 54.4 cm³/mol. The predicted octanol–water partition coefficient (Wildman–Crippen LogP) is 0.888. The molecule has 6 nitrogen and oxygen atoms in total. The van der Waals surface area contributed by atoms with Crippen molar-refractivity contribution in [3.05, 3.63) is 29.6 Å². The van der Waals surface area contributed by atoms with Gasteiger partial charge in [-0.1, -0.05) is 0 Å². The van der Waals surface area contributed by atoms with E-state index in [1.54, 1.807) is 12.1 Å². The lowest BCUT2D eigenvalue weighted by molar-refractivity contribution is -0.136. The lowest BCUT2D eigenvalue weighted by Crippen LogP contribution is -2.06. The fourth-order valence-electron chi connectivity index (χ4n) is 1.59. The first kappa shape index (κ1) is 10.2. The van der Waals surface area contributed by atoms with Gasteiger partial charge in [0.15, 0.2) is 0 Å². The van der Waals surface area contributed by atoms with Crippen LogP contribution in [0.4, 0.5) is 0 Å². The van der Waals surface area contributed by atoms with E-state index >= 15 is 0 Å². The number of rotatable bonds is 3. The quantitative estimate of drug-likeness (QED) is 0.712. The zero-order valence-electron chi connectivity index (χ0n) is 8.10. The van der Waals surface area contributed by atoms with E-state index in [4.69, 9.17) is 10.2 Å². The van der Waals surface area contributed by atoms with Gasteiger partial charge in [0.2, 0.25) is 0 Å². The smallest absolute Gasteiger partial charge is 0.352 e. The zero-order chi connectivity index (χ0) is 11.7. The second kappa shape index (κ2) is 3.65. The van der Waals surface area contributed by atoms with Crippen LogP contribution in [-0.2, 0) is 11.2 Å². The average Bonchev–Trinajstić information content (AvgIpc) is 2.57. The Kier molecular flexibility index (Phi) is 2.32. The monoisotopic (exact) mass is 220 g/mol. The van der Waals surface area contributed by atoms with Crippen LogP contribution in [0.3, 0.4) is 0 Å². The van der Waals surface area contributed by atoms with Gasteiger partial charge in [0, 0.05) is 17.1 Å². The summed E-state index contributed by atoms with van der Waals surface area (Å²) in [6, 6.07) is 3.27. The van der Waals surface area contributed by atoms with E-state index in [1.165, 1.54) is 6.20 Å². The molecule has 0 spiro atoms. The molecule has 3 N–H and O–H groups in total. The van der Waals surface area contributed by atoms with Crippen molar-refractivity contribution in [3.8, 4) is 0 Å². The van der Waals surface area contributed by atoms with Gasteiger partial charge in [0.05, 0.1) is 6.42 Å². The number of nitrogens with one attached hydrogen (secondary N) is 1. The van der Waals surface area contributed by atoms with Crippen molar-refractivity contribution in [1.82, 2.24) is 9.97 Å². The first-order valence-electron chi connectivity index (χ1n) is 4.50. The number of nitrogens with zero attached hydrogens (tertiary/aromatic N) is 1. The van der Waals surface area contributed by atoms with E-state index < -0.39 is 11.9 Å². The second-order valence-corrected chi connectivity index (χ2v) is 3.25. The summed E-state index contributed by atoms with van der Waals surface area (Å²) >= 11 is 0. The highest BCUT2D eigenvalue weighted by molar-refractivity contribution is 5.98. The van der Waals surface area contributed by atoms with Gasteiger partial charge in [-0.2, -0.15) is 0 Å². The van der Waals surface area contributed by atoms with E-state index in [0.29, 0.717) is 11.0 Å². The largest absolute Gasteiger partial charge is 0.481 e. The third-order valence-corrected chi connectivity index (χ3v) is 2.22. The Morgan fingerprint density at radius 1 is 1.38 bits per heavy atom. The maximum atomic E-state index is 10.9. The fraction of sp³-hybridized carbons (Fsp3) is 0.100. The molecule has 2 rings (SSSR count). The number of hydrogen-bond acceptors (Lipinski definition) is 3. The van der Waals surface area contributed by atoms with Gasteiger partial charge in [-0.25, -0.2) is 9.78 Å². The Morgan fingerprint density at radius 2 is 2.12 bits per heavy atom. The van der Waals surface area contributed by atoms with Crippen LogP contribution in [-0.4, -0.2) is 32.1 Å². The van der Waals surface area contributed by atoms with Gasteiger partial charge in [-0.15, -0.1) is 0 Å². The van der Waals surface area contributed by atoms with Gasteiger partial charge < -0.3 is 15.2 Å². The molecule has 0 aliphatic rings. The van der Waals surface area contributed by atoms with Crippen LogP contribution in [0.25, 0.3) is 11.0 Å². The van der Waals surface area contributed by atoms with E-state index in [-0.39, 0.29) is 17.7 Å². The molecule has 0 atom stereocenters. The first-order chi connectivity index (χ1) is 7.59. The molecule has 0 bridgehead atoms. The number of aromatic nitrogens is 2. The molecule has 6 heteroatoms. The molecule has 0 saturated heterocycles. The Balaban J connectivity index is 2.69. The van der Waals surface area contributed by atoms with E-state index in [9.17, 15) is 9.59 Å². The number of carboxylic acids is 2. The first-order valence-corrected chi connectivity index (χ1v) is 4.50. The number of aromatic carboxylic acids is 1. The summed E-state index contributed by atoms with van der Waals surface area (Å²) in [7, 11) is 0. The Morgan fingerprint density at radius 3 is 2.75 bits per heavy atom. The standard InChI is InChI=1S/C10H8N2O4/c13-7(14)4-6-5-2-1-3-11-9(5)12-8(6)10(15)16/h1-3H,4H2,(H,11,12)(H,13,14)(H,15,16). The number of H-pyrrole nitrogens is 1. The Hall–Kier alpha value is -2.37. The van der Waals surface area contributed by atoms with Gasteiger partial charge in [-0.05, 0) is 12.1 Å². The van der Waals surface area contributed by atoms with Crippen molar-refractivity contribution < 1.29 is 19.8 Å². The van der Waals surface area contributed by atoms with Crippen molar-refractivity contribution in [2.75, 3.05) is 0 Å². The molecule has 2 aromatic rings. The summed E-state index contributed by atoms with van der Waals surface area (Å²) in [5.41, 5.74) is 0.523. The van der Waals surface area contributed by atoms with Gasteiger partial charge in [0.25, 0.3) is 0 Å². The third-order valence-electron chi connectivity index (χ3n) is 2.22. The lowest BCUT2D eigenvalue weighted by Gasteiger charge is -1.96. The van der Waals surface area contributed by atoms with Crippen LogP contribution >= 0.6 is 0 Å². The van der Waals surface area contributed by atoms with Crippen LogP contribution in [0.2, 0.25) is 0 Å². The number of aliphatic carboxylic acids is 1. The van der Waals surface area contributed by atoms with Gasteiger partial charge >= 0.3 is 11.9 Å². The summed E-state index contributed by atoms with van der Waals surface area (Å²) in [6.07, 6.45) is 1.17. The minimum atomic E-state index is -1.19. The molecule has 0 radical (unpaired) electrons. The summed E-state index contributed by atoms with van der Waals surface area (Å²) < 4.78 is 0. The maximum absolute atomic E-state index is 10.9. The highest BCUT2D eigenvalue weighted by atomic mass is 16.4. The molecule has 0 unspecified atom stereocenters. The summed E-state index contributed by atoms with van der Waals surface area (Å²) in [5.74, 6) is -2.26. The molecule has 16 heavy (non-hydrogen) atoms. The number of pyridine rings is 1. The average molecular weight is 220 g/mol. The Bertz CT molecular complexity index is 573. The summed E-state index contributed by atoms with van der Waals surface area (Å²) in [6.45, 7) is 0. The van der Waals surface area contributed by atoms with Crippen LogP contribution in [0, 0.1) is 0 Å². The molecule has 2 aromatic heterocycles. The van der Waals surface area contributed by atoms with E-state index in [2.05, 4.69) is 9.97 Å². The van der Waals surface area contributed by atoms with Crippen LogP contribution in [0.1, 0.15) is 16.1 Å². The SMILES string of the molecule is O=C(O)Cc1c(C(=O)O)[nH]c2ncccc12. The second-order valence-electron chi connectivity index (χ2n) is 3.25. The molecular formula is C10H8N2O4. The van der Waals surface area contributed by atoms with Crippen LogP contribution in [0.5, 0.6) is 0 Å². The van der Waals surface area contributed by atoms with Gasteiger partial charge in [0.1, 0.15) is 11.3 Å². The van der Waals surface area contributed by atoms with Crippen molar-refractivity contribution >= 4 is 23.0 Å². The molecule has 0 fully saturated rings. The zero-order valence-corrected chi connectivity index (χ0v) is 8.10. The fourth-order valence-corrected chi connectivity index (χ4v) is 1.59. The number of aromatic amines is 1. The maximum Gasteiger partial charge on any atom is 0.352 e. The van der Waals surface area contributed by atoms with E-state index in [0.717, 1.165) is 0 Å². The van der Waals surface area contributed by atoms with Crippen LogP contribution in [0.15, 0.2) is 18.3 Å². The van der Waals surface area contributed by atoms with Crippen molar-refractivity contribution in [3.63, 3.8) is 0 Å². The highest BCUT2D eigenvalue weighted by Crippen LogP contribution is 2.21. The molecule has 82 valence electrons. The topological polar surface area (TPSA) is 103 Å². The molecule has 2 heterocycles. The van der Waals surface area contributed by atoms with Crippen LogP contribution < -0.4 is 0 Å². The van der Waals surface area contributed by atoms with E-state index in [1.807, 2.05) is 0 Å². The molecule has 0 aliphatic carbocycles. The minimum Gasteiger partial charge on any atom is -0.481 e. The minimum absolute atomic E-state index is 0.115. The normalized spacial score (nSPS) is 10.5. The molecular weight excluding hydrogens is 212 g/mol. The van der Waals surface area contributed by atoms with Gasteiger partial charge in [-0.3, -0.25) is 4.79 Å². The lowest BCUT2D eigenvalue weighted by atomic mass is 10.1. The molecule has 0 saturated carbocycles. The number of carbonyl (C=O) groups is 2. The van der Waals surface area contributed by atoms with Crippen molar-refractivity contribution in [2.24, 2.45) is 0 Å². The third kappa shape index (κ3) is 1.60. The summed E-state index contributed by atoms with van der Waals surface area (Å²) in [4.78, 5) is 28.1.